The maximum Gasteiger partial charge on any atom is 0.121 e. The topological polar surface area (TPSA) is 41.6 Å². The Morgan fingerprint density at radius 1 is 0.833 bits per heavy atom. The lowest BCUT2D eigenvalue weighted by Gasteiger charge is -2.42. The maximum atomic E-state index is 4.74. The summed E-state index contributed by atoms with van der Waals surface area (Å²) in [7, 11) is 0. The minimum absolute atomic E-state index is 0.228. The first-order valence-corrected chi connectivity index (χ1v) is 8.88. The van der Waals surface area contributed by atoms with Gasteiger partial charge in [0.15, 0.2) is 0 Å². The molecule has 1 aliphatic rings. The van der Waals surface area contributed by atoms with E-state index < -0.39 is 0 Å². The lowest BCUT2D eigenvalue weighted by Crippen LogP contribution is -2.40. The van der Waals surface area contributed by atoms with Gasteiger partial charge in [0.2, 0.25) is 0 Å². The third kappa shape index (κ3) is 2.44. The van der Waals surface area contributed by atoms with Crippen LogP contribution in [0, 0.1) is 5.92 Å². The Kier molecular flexibility index (Phi) is 4.16. The Morgan fingerprint density at radius 2 is 1.54 bits per heavy atom. The fraction of sp³-hybridized carbons (Fsp3) is 0.333. The van der Waals surface area contributed by atoms with Crippen molar-refractivity contribution in [1.29, 1.82) is 0 Å². The molecule has 1 atom stereocenters. The quantitative estimate of drug-likeness (QED) is 0.756. The molecule has 3 aromatic rings. The summed E-state index contributed by atoms with van der Waals surface area (Å²) in [5, 5.41) is 0. The monoisotopic (exact) mass is 317 g/mol. The van der Waals surface area contributed by atoms with Crippen molar-refractivity contribution in [2.75, 3.05) is 0 Å². The van der Waals surface area contributed by atoms with Crippen LogP contribution in [-0.4, -0.2) is 15.0 Å². The Balaban J connectivity index is 1.99. The Bertz CT molecular complexity index is 705. The van der Waals surface area contributed by atoms with Gasteiger partial charge in [-0.3, -0.25) is 4.98 Å². The number of H-pyrrole nitrogens is 1. The summed E-state index contributed by atoms with van der Waals surface area (Å²) in [6.07, 6.45) is 14.0. The Hall–Kier alpha value is -2.42. The third-order valence-electron chi connectivity index (χ3n) is 5.45. The molecule has 2 heterocycles. The predicted octanol–water partition coefficient (Wildman–Crippen LogP) is 4.72. The molecule has 1 aromatic carbocycles. The van der Waals surface area contributed by atoms with Gasteiger partial charge in [0, 0.05) is 24.8 Å². The van der Waals surface area contributed by atoms with Crippen molar-refractivity contribution in [2.45, 2.75) is 37.5 Å². The second-order valence-corrected chi connectivity index (χ2v) is 6.68. The van der Waals surface area contributed by atoms with Crippen LogP contribution >= 0.6 is 0 Å². The van der Waals surface area contributed by atoms with E-state index in [1.54, 1.807) is 0 Å². The van der Waals surface area contributed by atoms with Crippen LogP contribution in [0.3, 0.4) is 0 Å². The van der Waals surface area contributed by atoms with Crippen molar-refractivity contribution < 1.29 is 0 Å². The first kappa shape index (κ1) is 15.1. The minimum Gasteiger partial charge on any atom is -0.348 e. The molecule has 1 saturated carbocycles. The van der Waals surface area contributed by atoms with Crippen molar-refractivity contribution in [3.8, 4) is 0 Å². The van der Waals surface area contributed by atoms with Crippen LogP contribution in [-0.2, 0) is 5.41 Å². The van der Waals surface area contributed by atoms with Gasteiger partial charge in [-0.2, -0.15) is 0 Å². The van der Waals surface area contributed by atoms with E-state index in [1.165, 1.54) is 43.2 Å². The van der Waals surface area contributed by atoms with Gasteiger partial charge in [-0.15, -0.1) is 0 Å². The van der Waals surface area contributed by atoms with Crippen molar-refractivity contribution in [3.05, 3.63) is 84.2 Å². The van der Waals surface area contributed by atoms with Crippen molar-refractivity contribution in [2.24, 2.45) is 5.92 Å². The highest BCUT2D eigenvalue weighted by Crippen LogP contribution is 2.49. The number of nitrogens with zero attached hydrogens (tertiary/aromatic N) is 2. The van der Waals surface area contributed by atoms with Gasteiger partial charge in [0.05, 0.1) is 5.41 Å². The maximum absolute atomic E-state index is 4.74. The van der Waals surface area contributed by atoms with E-state index in [2.05, 4.69) is 52.4 Å². The number of rotatable bonds is 4. The van der Waals surface area contributed by atoms with E-state index in [4.69, 9.17) is 4.98 Å². The fourth-order valence-electron chi connectivity index (χ4n) is 4.44. The molecule has 1 aliphatic carbocycles. The number of benzene rings is 1. The largest absolute Gasteiger partial charge is 0.348 e. The predicted molar refractivity (Wildman–Crippen MR) is 95.7 cm³/mol. The Labute approximate surface area is 143 Å². The molecule has 0 spiro atoms. The summed E-state index contributed by atoms with van der Waals surface area (Å²) in [5.74, 6) is 1.59. The number of aromatic amines is 1. The number of pyridine rings is 1. The molecule has 1 unspecified atom stereocenters. The molecule has 1 fully saturated rings. The van der Waals surface area contributed by atoms with E-state index in [1.807, 2.05) is 24.8 Å². The van der Waals surface area contributed by atoms with Gasteiger partial charge < -0.3 is 4.98 Å². The second kappa shape index (κ2) is 6.60. The summed E-state index contributed by atoms with van der Waals surface area (Å²) in [4.78, 5) is 12.4. The first-order valence-electron chi connectivity index (χ1n) is 8.88. The second-order valence-electron chi connectivity index (χ2n) is 6.68. The van der Waals surface area contributed by atoms with Gasteiger partial charge in [0.1, 0.15) is 5.82 Å². The van der Waals surface area contributed by atoms with Crippen LogP contribution in [0.4, 0.5) is 0 Å². The average Bonchev–Trinajstić information content (AvgIpc) is 3.20. The number of hydrogen-bond acceptors (Lipinski definition) is 2. The molecule has 1 N–H and O–H groups in total. The molecule has 0 radical (unpaired) electrons. The first-order chi connectivity index (χ1) is 11.9. The van der Waals surface area contributed by atoms with Crippen LogP contribution < -0.4 is 0 Å². The highest BCUT2D eigenvalue weighted by atomic mass is 14.9. The summed E-state index contributed by atoms with van der Waals surface area (Å²) < 4.78 is 0. The van der Waals surface area contributed by atoms with Crippen LogP contribution in [0.2, 0.25) is 0 Å². The summed E-state index contributed by atoms with van der Waals surface area (Å²) in [5.41, 5.74) is 2.37. The fourth-order valence-corrected chi connectivity index (χ4v) is 4.44. The van der Waals surface area contributed by atoms with Crippen molar-refractivity contribution in [1.82, 2.24) is 15.0 Å². The van der Waals surface area contributed by atoms with Gasteiger partial charge in [0.25, 0.3) is 0 Å². The molecule has 24 heavy (non-hydrogen) atoms. The summed E-state index contributed by atoms with van der Waals surface area (Å²) in [6.45, 7) is 0. The molecule has 3 heteroatoms. The summed E-state index contributed by atoms with van der Waals surface area (Å²) >= 11 is 0. The zero-order valence-electron chi connectivity index (χ0n) is 13.9. The molecule has 3 nitrogen and oxygen atoms in total. The zero-order valence-corrected chi connectivity index (χ0v) is 13.9. The molecule has 4 rings (SSSR count). The average molecular weight is 317 g/mol. The number of aromatic nitrogens is 3. The molecule has 0 aliphatic heterocycles. The molecule has 122 valence electrons. The standard InChI is InChI=1S/C21H23N3/c1-3-7-17(8-4-1)21(20-23-15-16-24-20,18-9-5-2-6-10-18)19-11-13-22-14-12-19/h1,3-4,7-8,11-16,18H,2,5-6,9-10H2,(H,23,24). The Morgan fingerprint density at radius 3 is 2.21 bits per heavy atom. The number of hydrogen-bond donors (Lipinski definition) is 1. The normalized spacial score (nSPS) is 18.2. The van der Waals surface area contributed by atoms with E-state index in [0.29, 0.717) is 5.92 Å². The zero-order chi connectivity index (χ0) is 16.2. The van der Waals surface area contributed by atoms with Crippen LogP contribution in [0.1, 0.15) is 49.1 Å². The smallest absolute Gasteiger partial charge is 0.121 e. The van der Waals surface area contributed by atoms with Gasteiger partial charge in [-0.1, -0.05) is 49.6 Å². The highest BCUT2D eigenvalue weighted by Gasteiger charge is 2.45. The summed E-state index contributed by atoms with van der Waals surface area (Å²) in [6, 6.07) is 15.2. The lowest BCUT2D eigenvalue weighted by atomic mass is 9.61. The van der Waals surface area contributed by atoms with Gasteiger partial charge in [-0.05, 0) is 42.0 Å². The van der Waals surface area contributed by atoms with E-state index in [-0.39, 0.29) is 5.41 Å². The lowest BCUT2D eigenvalue weighted by molar-refractivity contribution is 0.263. The van der Waals surface area contributed by atoms with E-state index in [9.17, 15) is 0 Å². The highest BCUT2D eigenvalue weighted by molar-refractivity contribution is 5.46. The number of imidazole rings is 1. The van der Waals surface area contributed by atoms with Crippen LogP contribution in [0.25, 0.3) is 0 Å². The van der Waals surface area contributed by atoms with Crippen molar-refractivity contribution in [3.63, 3.8) is 0 Å². The molecule has 2 aromatic heterocycles. The van der Waals surface area contributed by atoms with E-state index >= 15 is 0 Å². The SMILES string of the molecule is c1ccc(C(c2ccncc2)(c2ncc[nH]2)C2CCCCC2)cc1. The molecule has 0 amide bonds. The van der Waals surface area contributed by atoms with Crippen LogP contribution in [0.15, 0.2) is 67.3 Å². The third-order valence-corrected chi connectivity index (χ3v) is 5.45. The minimum atomic E-state index is -0.228. The van der Waals surface area contributed by atoms with E-state index in [0.717, 1.165) is 5.82 Å². The van der Waals surface area contributed by atoms with Gasteiger partial charge in [-0.25, -0.2) is 4.98 Å². The van der Waals surface area contributed by atoms with Crippen LogP contribution in [0.5, 0.6) is 0 Å². The number of nitrogens with one attached hydrogen (secondary N) is 1. The molecular weight excluding hydrogens is 294 g/mol. The van der Waals surface area contributed by atoms with Gasteiger partial charge >= 0.3 is 0 Å². The molecular formula is C21H23N3. The molecule has 0 saturated heterocycles. The molecule has 0 bridgehead atoms. The van der Waals surface area contributed by atoms with Crippen molar-refractivity contribution >= 4 is 0 Å².